The molecule has 14 heavy (non-hydrogen) atoms. The summed E-state index contributed by atoms with van der Waals surface area (Å²) in [5.74, 6) is 0.290. The molecule has 5 heteroatoms. The van der Waals surface area contributed by atoms with Crippen LogP contribution in [0.25, 0.3) is 0 Å². The number of thioether (sulfide) groups is 1. The van der Waals surface area contributed by atoms with Crippen LogP contribution in [0, 0.1) is 5.21 Å². The third kappa shape index (κ3) is 2.92. The van der Waals surface area contributed by atoms with Crippen LogP contribution in [0.3, 0.4) is 0 Å². The highest BCUT2D eigenvalue weighted by molar-refractivity contribution is 7.99. The summed E-state index contributed by atoms with van der Waals surface area (Å²) in [6.45, 7) is 0. The summed E-state index contributed by atoms with van der Waals surface area (Å²) in [5.41, 5.74) is 0. The minimum Gasteiger partial charge on any atom is -0.618 e. The summed E-state index contributed by atoms with van der Waals surface area (Å²) in [5, 5.41) is 11.7. The molecule has 0 aliphatic carbocycles. The molecule has 0 saturated heterocycles. The van der Waals surface area contributed by atoms with E-state index in [2.05, 4.69) is 0 Å². The molecule has 1 heterocycles. The van der Waals surface area contributed by atoms with Crippen LogP contribution in [0.1, 0.15) is 0 Å². The van der Waals surface area contributed by atoms with E-state index in [0.29, 0.717) is 10.8 Å². The SMILES string of the molecule is CN(C)C(=O)CSc1cccc[n+]1[O-]. The Bertz CT molecular complexity index is 328. The van der Waals surface area contributed by atoms with Gasteiger partial charge in [-0.2, -0.15) is 4.73 Å². The van der Waals surface area contributed by atoms with Crippen LogP contribution >= 0.6 is 11.8 Å². The van der Waals surface area contributed by atoms with Crippen molar-refractivity contribution in [2.75, 3.05) is 19.8 Å². The van der Waals surface area contributed by atoms with Crippen LogP contribution in [0.15, 0.2) is 29.4 Å². The Morgan fingerprint density at radius 2 is 2.29 bits per heavy atom. The Morgan fingerprint density at radius 3 is 2.86 bits per heavy atom. The van der Waals surface area contributed by atoms with E-state index in [0.717, 1.165) is 4.73 Å². The van der Waals surface area contributed by atoms with Gasteiger partial charge in [0, 0.05) is 26.2 Å². The topological polar surface area (TPSA) is 47.2 Å². The molecule has 0 unspecified atom stereocenters. The number of aromatic nitrogens is 1. The number of rotatable bonds is 3. The van der Waals surface area contributed by atoms with Crippen LogP contribution in [-0.4, -0.2) is 30.7 Å². The molecule has 0 saturated carbocycles. The van der Waals surface area contributed by atoms with Gasteiger partial charge in [0.1, 0.15) is 0 Å². The van der Waals surface area contributed by atoms with Crippen LogP contribution < -0.4 is 4.73 Å². The van der Waals surface area contributed by atoms with E-state index in [1.165, 1.54) is 22.9 Å². The van der Waals surface area contributed by atoms with Gasteiger partial charge in [0.2, 0.25) is 5.91 Å². The van der Waals surface area contributed by atoms with Crippen molar-refractivity contribution in [3.63, 3.8) is 0 Å². The minimum absolute atomic E-state index is 0.00106. The van der Waals surface area contributed by atoms with Crippen molar-refractivity contribution < 1.29 is 9.52 Å². The van der Waals surface area contributed by atoms with E-state index in [1.807, 2.05) is 0 Å². The second-order valence-corrected chi connectivity index (χ2v) is 3.94. The number of carbonyl (C=O) groups excluding carboxylic acids is 1. The van der Waals surface area contributed by atoms with Crippen LogP contribution in [-0.2, 0) is 4.79 Å². The van der Waals surface area contributed by atoms with Gasteiger partial charge >= 0.3 is 0 Å². The number of amides is 1. The van der Waals surface area contributed by atoms with Crippen molar-refractivity contribution in [2.45, 2.75) is 5.03 Å². The fraction of sp³-hybridized carbons (Fsp3) is 0.333. The van der Waals surface area contributed by atoms with E-state index < -0.39 is 0 Å². The average Bonchev–Trinajstić information content (AvgIpc) is 2.16. The smallest absolute Gasteiger partial charge is 0.251 e. The second-order valence-electron chi connectivity index (χ2n) is 2.94. The molecule has 1 rings (SSSR count). The molecule has 0 radical (unpaired) electrons. The van der Waals surface area contributed by atoms with E-state index >= 15 is 0 Å². The number of pyridine rings is 1. The van der Waals surface area contributed by atoms with Crippen molar-refractivity contribution in [3.8, 4) is 0 Å². The lowest BCUT2D eigenvalue weighted by Gasteiger charge is -2.09. The Morgan fingerprint density at radius 1 is 1.57 bits per heavy atom. The zero-order valence-corrected chi connectivity index (χ0v) is 8.95. The fourth-order valence-corrected chi connectivity index (χ4v) is 1.68. The monoisotopic (exact) mass is 212 g/mol. The lowest BCUT2D eigenvalue weighted by Crippen LogP contribution is -2.29. The fourth-order valence-electron chi connectivity index (χ4n) is 0.789. The first-order valence-corrected chi connectivity index (χ1v) is 5.11. The molecule has 0 aromatic carbocycles. The van der Waals surface area contributed by atoms with Crippen molar-refractivity contribution >= 4 is 17.7 Å². The van der Waals surface area contributed by atoms with E-state index in [-0.39, 0.29) is 5.91 Å². The lowest BCUT2D eigenvalue weighted by atomic mass is 10.5. The number of hydrogen-bond acceptors (Lipinski definition) is 3. The lowest BCUT2D eigenvalue weighted by molar-refractivity contribution is -0.645. The molecule has 1 aromatic heterocycles. The quantitative estimate of drug-likeness (QED) is 0.416. The van der Waals surface area contributed by atoms with Gasteiger partial charge in [-0.1, -0.05) is 0 Å². The minimum atomic E-state index is -0.00106. The highest BCUT2D eigenvalue weighted by Crippen LogP contribution is 2.12. The normalized spacial score (nSPS) is 9.86. The van der Waals surface area contributed by atoms with Crippen molar-refractivity contribution in [2.24, 2.45) is 0 Å². The first-order valence-electron chi connectivity index (χ1n) is 4.12. The van der Waals surface area contributed by atoms with Crippen LogP contribution in [0.4, 0.5) is 0 Å². The summed E-state index contributed by atoms with van der Waals surface area (Å²) in [6, 6.07) is 5.13. The van der Waals surface area contributed by atoms with Gasteiger partial charge in [0.05, 0.1) is 5.75 Å². The average molecular weight is 212 g/mol. The first kappa shape index (κ1) is 10.8. The molecule has 1 aromatic rings. The molecule has 4 nitrogen and oxygen atoms in total. The van der Waals surface area contributed by atoms with Crippen molar-refractivity contribution in [3.05, 3.63) is 29.6 Å². The van der Waals surface area contributed by atoms with Crippen molar-refractivity contribution in [1.29, 1.82) is 0 Å². The molecule has 0 fully saturated rings. The molecule has 0 atom stereocenters. The summed E-state index contributed by atoms with van der Waals surface area (Å²) in [6.07, 6.45) is 1.42. The molecular formula is C9H12N2O2S. The van der Waals surface area contributed by atoms with Gasteiger partial charge in [0.15, 0.2) is 6.20 Å². The predicted octanol–water partition coefficient (Wildman–Crippen LogP) is 0.500. The number of nitrogens with zero attached hydrogens (tertiary/aromatic N) is 2. The Hall–Kier alpha value is -1.23. The zero-order chi connectivity index (χ0) is 10.6. The van der Waals surface area contributed by atoms with E-state index in [4.69, 9.17) is 0 Å². The summed E-state index contributed by atoms with van der Waals surface area (Å²) < 4.78 is 0.758. The highest BCUT2D eigenvalue weighted by atomic mass is 32.2. The third-order valence-corrected chi connectivity index (χ3v) is 2.63. The summed E-state index contributed by atoms with van der Waals surface area (Å²) in [7, 11) is 3.39. The predicted molar refractivity (Wildman–Crippen MR) is 54.8 cm³/mol. The molecular weight excluding hydrogens is 200 g/mol. The largest absolute Gasteiger partial charge is 0.618 e. The third-order valence-electron chi connectivity index (χ3n) is 1.63. The molecule has 1 amide bonds. The summed E-state index contributed by atoms with van der Waals surface area (Å²) >= 11 is 1.24. The number of hydrogen-bond donors (Lipinski definition) is 0. The Labute approximate surface area is 87.1 Å². The standard InChI is InChI=1S/C9H12N2O2S/c1-10(2)8(12)7-14-9-5-3-4-6-11(9)13/h3-6H,7H2,1-2H3. The van der Waals surface area contributed by atoms with Crippen molar-refractivity contribution in [1.82, 2.24) is 4.90 Å². The molecule has 0 aliphatic rings. The van der Waals surface area contributed by atoms with Gasteiger partial charge in [-0.05, 0) is 17.8 Å². The zero-order valence-electron chi connectivity index (χ0n) is 8.14. The number of carbonyl (C=O) groups is 1. The Kier molecular flexibility index (Phi) is 3.76. The molecule has 76 valence electrons. The maximum absolute atomic E-state index is 11.2. The van der Waals surface area contributed by atoms with E-state index in [9.17, 15) is 10.0 Å². The molecule has 0 aliphatic heterocycles. The van der Waals surface area contributed by atoms with Crippen LogP contribution in [0.5, 0.6) is 0 Å². The van der Waals surface area contributed by atoms with Gasteiger partial charge in [-0.15, -0.1) is 0 Å². The van der Waals surface area contributed by atoms with Gasteiger partial charge in [-0.3, -0.25) is 4.79 Å². The maximum atomic E-state index is 11.2. The molecule has 0 bridgehead atoms. The molecule has 0 N–H and O–H groups in total. The highest BCUT2D eigenvalue weighted by Gasteiger charge is 2.09. The maximum Gasteiger partial charge on any atom is 0.251 e. The van der Waals surface area contributed by atoms with Gasteiger partial charge in [0.25, 0.3) is 5.03 Å². The second kappa shape index (κ2) is 4.85. The van der Waals surface area contributed by atoms with Gasteiger partial charge < -0.3 is 10.1 Å². The Balaban J connectivity index is 2.54. The first-order chi connectivity index (χ1) is 6.61. The van der Waals surface area contributed by atoms with Crippen LogP contribution in [0.2, 0.25) is 0 Å². The molecule has 0 spiro atoms. The van der Waals surface area contributed by atoms with E-state index in [1.54, 1.807) is 32.3 Å². The van der Waals surface area contributed by atoms with Gasteiger partial charge in [-0.25, -0.2) is 0 Å². The summed E-state index contributed by atoms with van der Waals surface area (Å²) in [4.78, 5) is 12.7.